The van der Waals surface area contributed by atoms with E-state index in [1.165, 1.54) is 52.7 Å². The Labute approximate surface area is 805 Å². The van der Waals surface area contributed by atoms with Crippen molar-refractivity contribution < 1.29 is 96.5 Å². The zero-order valence-electron chi connectivity index (χ0n) is 77.8. The van der Waals surface area contributed by atoms with Gasteiger partial charge in [0, 0.05) is 136 Å². The van der Waals surface area contributed by atoms with Crippen molar-refractivity contribution in [2.75, 3.05) is 65.4 Å². The van der Waals surface area contributed by atoms with Gasteiger partial charge in [0.1, 0.15) is 84.6 Å². The van der Waals surface area contributed by atoms with Crippen LogP contribution >= 0.6 is 23.4 Å². The summed E-state index contributed by atoms with van der Waals surface area (Å²) < 4.78 is 0. The largest absolute Gasteiger partial charge is 0.481 e. The van der Waals surface area contributed by atoms with Gasteiger partial charge < -0.3 is 131 Å². The van der Waals surface area contributed by atoms with Crippen LogP contribution < -0.4 is 81.4 Å². The monoisotopic (exact) mass is 1960 g/mol. The number of aromatic nitrogens is 4. The van der Waals surface area contributed by atoms with Crippen molar-refractivity contribution in [3.05, 3.63) is 125 Å². The number of carboxylic acid groups (broad SMARTS) is 1. The van der Waals surface area contributed by atoms with Gasteiger partial charge in [-0.3, -0.25) is 91.7 Å². The lowest BCUT2D eigenvalue weighted by molar-refractivity contribution is -0.149. The molecule has 0 spiro atoms. The molecule has 6 aromatic rings. The summed E-state index contributed by atoms with van der Waals surface area (Å²) in [4.78, 5) is 282. The van der Waals surface area contributed by atoms with Crippen molar-refractivity contribution in [2.45, 2.75) is 233 Å². The van der Waals surface area contributed by atoms with Crippen molar-refractivity contribution in [1.29, 1.82) is 5.41 Å². The first kappa shape index (κ1) is 108. The lowest BCUT2D eigenvalue weighted by Crippen LogP contribution is -2.61. The van der Waals surface area contributed by atoms with Gasteiger partial charge in [-0.2, -0.15) is 0 Å². The Morgan fingerprint density at radius 2 is 1.08 bits per heavy atom. The summed E-state index contributed by atoms with van der Waals surface area (Å²) >= 11 is 7.02. The second-order valence-electron chi connectivity index (χ2n) is 34.6. The van der Waals surface area contributed by atoms with Gasteiger partial charge in [0.15, 0.2) is 5.96 Å². The van der Waals surface area contributed by atoms with Gasteiger partial charge in [-0.25, -0.2) is 4.98 Å². The molecule has 17 amide bonds. The Morgan fingerprint density at radius 1 is 0.543 bits per heavy atom. The van der Waals surface area contributed by atoms with E-state index in [4.69, 9.17) is 39.9 Å². The summed E-state index contributed by atoms with van der Waals surface area (Å²) in [5.74, 6) is -19.3. The van der Waals surface area contributed by atoms with Gasteiger partial charge in [0.05, 0.1) is 31.1 Å². The highest BCUT2D eigenvalue weighted by atomic mass is 35.5. The Bertz CT molecular complexity index is 5350. The first-order valence-electron chi connectivity index (χ1n) is 45.8. The number of carbonyl (C=O) groups excluding carboxylic acids is 17. The summed E-state index contributed by atoms with van der Waals surface area (Å²) in [5, 5.41) is 60.0. The number of halogens is 1. The average Bonchev–Trinajstić information content (AvgIpc) is 1.70. The summed E-state index contributed by atoms with van der Waals surface area (Å²) in [7, 11) is 3.92. The van der Waals surface area contributed by atoms with Crippen LogP contribution in [0.3, 0.4) is 0 Å². The fourth-order valence-electron chi connectivity index (χ4n) is 16.9. The number of carboxylic acids is 1. The number of thioether (sulfide) groups is 1. The number of amides is 17. The van der Waals surface area contributed by atoms with Gasteiger partial charge in [-0.1, -0.05) is 99.7 Å². The number of hydrogen-bond donors (Lipinski definition) is 21. The van der Waals surface area contributed by atoms with E-state index in [9.17, 15) is 58.2 Å². The average molecular weight is 1960 g/mol. The summed E-state index contributed by atoms with van der Waals surface area (Å²) in [6.07, 6.45) is 1.56. The van der Waals surface area contributed by atoms with Gasteiger partial charge >= 0.3 is 5.97 Å². The number of primary amides is 2. The van der Waals surface area contributed by atoms with Gasteiger partial charge in [-0.15, -0.1) is 11.8 Å². The van der Waals surface area contributed by atoms with Crippen LogP contribution in [0, 0.1) is 5.41 Å². The van der Waals surface area contributed by atoms with Crippen LogP contribution in [0.4, 0.5) is 0 Å². The number of nitrogens with zero attached hydrogens (tertiary/aromatic N) is 6. The minimum atomic E-state index is -1.84. The molecular formula is C91H126ClN25O20S. The van der Waals surface area contributed by atoms with E-state index in [2.05, 4.69) is 78.4 Å². The first-order valence-corrected chi connectivity index (χ1v) is 47.4. The van der Waals surface area contributed by atoms with Crippen LogP contribution in [0.5, 0.6) is 0 Å². The van der Waals surface area contributed by atoms with Crippen LogP contribution in [0.2, 0.25) is 5.02 Å². The molecule has 3 aliphatic heterocycles. The predicted octanol–water partition coefficient (Wildman–Crippen LogP) is -2.81. The van der Waals surface area contributed by atoms with E-state index >= 15 is 38.4 Å². The van der Waals surface area contributed by atoms with Crippen LogP contribution in [-0.4, -0.2) is 323 Å². The fourth-order valence-corrected chi connectivity index (χ4v) is 17.8. The number of H-pyrrole nitrogens is 3. The molecule has 138 heavy (non-hydrogen) atoms. The second kappa shape index (κ2) is 52.0. The molecule has 6 heterocycles. The number of aliphatic carboxylic acids is 1. The van der Waals surface area contributed by atoms with Crippen LogP contribution in [0.1, 0.15) is 139 Å². The normalized spacial score (nSPS) is 24.4. The quantitative estimate of drug-likeness (QED) is 0.0134. The number of nitrogens with one attached hydrogen (secondary N) is 15. The highest BCUT2D eigenvalue weighted by Gasteiger charge is 2.47. The molecule has 0 radical (unpaired) electrons. The molecule has 25 N–H and O–H groups in total. The molecular weight excluding hydrogens is 1830 g/mol. The number of carbonyl (C=O) groups is 18. The molecule has 15 atom stereocenters. The molecule has 3 aromatic heterocycles. The van der Waals surface area contributed by atoms with Gasteiger partial charge in [0.25, 0.3) is 0 Å². The minimum absolute atomic E-state index is 0.00629. The number of rotatable bonds is 28. The lowest BCUT2D eigenvalue weighted by Gasteiger charge is -2.36. The van der Waals surface area contributed by atoms with E-state index in [-0.39, 0.29) is 89.5 Å². The highest BCUT2D eigenvalue weighted by molar-refractivity contribution is 8.00. The second-order valence-corrected chi connectivity index (χ2v) is 36.1. The molecule has 0 unspecified atom stereocenters. The summed E-state index contributed by atoms with van der Waals surface area (Å²) in [6, 6.07) is -2.03. The minimum Gasteiger partial charge on any atom is -0.481 e. The molecule has 3 saturated heterocycles. The Morgan fingerprint density at radius 3 is 1.68 bits per heavy atom. The molecule has 0 bridgehead atoms. The third-order valence-electron chi connectivity index (χ3n) is 24.5. The number of aliphatic hydroxyl groups is 1. The molecule has 9 rings (SSSR count). The van der Waals surface area contributed by atoms with E-state index in [0.29, 0.717) is 69.2 Å². The molecule has 0 saturated carbocycles. The predicted molar refractivity (Wildman–Crippen MR) is 507 cm³/mol. The number of para-hydroxylation sites is 2. The number of unbranched alkanes of at least 4 members (excludes halogenated alkanes) is 2. The van der Waals surface area contributed by atoms with Crippen molar-refractivity contribution in [3.63, 3.8) is 0 Å². The SMILES string of the molecule is CCCC[C@H]1C(=O)N(C)[C@@H](CCCC)C(=O)N[C@@H](CCCNC(=N)N)C(=O)N[C@H](C(=O)NCC(N)=O)CSCC(=O)N[C@@H](Cc2ccc(Cl)cc2)C(=O)N(C)[C@@H](C)C(=O)N[C@@H](CC(N)=O)C(=O)N2CCC[C@H]2C(=O)N[C@@H](Cc2cnc[nH]2)C(=O)N[C@@H](CCC(=O)O)C(=O)N2C[C@H](O)C[C@H]2C(=O)N[C@@H](Cc2c[nH]c3ccccc23)C(=O)N[C@@H](CCN)C(=O)N[C@@H](Cc2c[nH]c3ccccc23)C(=O)N1C. The smallest absolute Gasteiger partial charge is 0.303 e. The number of fused-ring (bicyclic) bond motifs is 4. The number of nitrogens with two attached hydrogens (primary N) is 4. The van der Waals surface area contributed by atoms with Gasteiger partial charge in [0.2, 0.25) is 100 Å². The maximum atomic E-state index is 15.9. The number of benzene rings is 3. The van der Waals surface area contributed by atoms with E-state index in [0.717, 1.165) is 36.3 Å². The van der Waals surface area contributed by atoms with E-state index in [1.54, 1.807) is 73.1 Å². The zero-order chi connectivity index (χ0) is 101. The molecule has 748 valence electrons. The third-order valence-corrected chi connectivity index (χ3v) is 25.8. The molecule has 3 fully saturated rings. The topological polar surface area (TPSA) is 684 Å². The standard InChI is InChI=1S/C91H126ClN25O20S/c1-7-9-22-69-83(130)106-60(21-15-33-99-91(96)97)79(126)112-68(78(125)102-44-74(95)120)46-138-47-75(121)104-65(35-50-25-27-53(92)28-26-50)86(133)113(4)49(3)77(124)110-67(40-73(94)119)89(136)116-34-16-24-70(116)84(131)109-64(38-54-43-98-48-103-54)82(129)107-62(29-30-76(122)123)88(135)117-45-55(118)39-72(117)85(132)108-63(36-51-41-100-58-19-13-11-17-56(51)58)81(128)105-61(31-32-93)80(127)111-66(37-52-42-101-59-20-14-12-18-57(52)59)87(134)115(6)71(23-10-8-2)90(137)114(69)5/h11-14,17-20,25-28,41-43,48-49,55,60-72,100-101,118H,7-10,15-16,21-24,29-40,44-47,93H2,1-6H3,(H2,94,119)(H2,95,120)(H,98,103)(H,102,125)(H,104,121)(H,105,128)(H,106,130)(H,107,129)(H,108,132)(H,109,131)(H,110,124)(H,111,127)(H,112,126)(H,122,123)(H4,96,97,99)/t49-,55+,60-,61-,62-,63-,64-,65-,66-,67-,68-,69-,70-,71-,72-/m0/s1. The van der Waals surface area contributed by atoms with Gasteiger partial charge in [-0.05, 0) is 106 Å². The van der Waals surface area contributed by atoms with Crippen LogP contribution in [-0.2, 0) is 112 Å². The number of aliphatic hydroxyl groups excluding tert-OH is 1. The molecule has 3 aromatic carbocycles. The summed E-state index contributed by atoms with van der Waals surface area (Å²) in [6.45, 7) is 3.19. The molecule has 45 nitrogen and oxygen atoms in total. The maximum Gasteiger partial charge on any atom is 0.303 e. The number of guanidine groups is 1. The van der Waals surface area contributed by atoms with Crippen LogP contribution in [0.25, 0.3) is 21.8 Å². The van der Waals surface area contributed by atoms with E-state index in [1.807, 2.05) is 13.8 Å². The lowest BCUT2D eigenvalue weighted by atomic mass is 9.99. The van der Waals surface area contributed by atoms with Crippen molar-refractivity contribution >= 4 is 158 Å². The molecule has 47 heteroatoms. The van der Waals surface area contributed by atoms with Crippen molar-refractivity contribution in [2.24, 2.45) is 22.9 Å². The number of imidazole rings is 1. The first-order chi connectivity index (χ1) is 65.8. The van der Waals surface area contributed by atoms with Crippen molar-refractivity contribution in [1.82, 2.24) is 103 Å². The van der Waals surface area contributed by atoms with Crippen LogP contribution in [0.15, 0.2) is 97.7 Å². The highest BCUT2D eigenvalue weighted by Crippen LogP contribution is 2.28. The Hall–Kier alpha value is -13.8. The van der Waals surface area contributed by atoms with E-state index < -0.39 is 260 Å². The fraction of sp³-hybridized carbons (Fsp3) is 0.516. The molecule has 3 aliphatic rings. The molecule has 0 aliphatic carbocycles. The number of hydrogen-bond acceptors (Lipinski definition) is 23. The Balaban J connectivity index is 1.11. The maximum absolute atomic E-state index is 15.9. The zero-order valence-corrected chi connectivity index (χ0v) is 79.4. The number of aromatic amines is 3. The number of likely N-dealkylation sites (N-methyl/N-ethyl adjacent to an activating group) is 3. The third kappa shape index (κ3) is 30.4. The Kier molecular flexibility index (Phi) is 40.6. The van der Waals surface area contributed by atoms with Crippen molar-refractivity contribution in [3.8, 4) is 0 Å². The summed E-state index contributed by atoms with van der Waals surface area (Å²) in [5.41, 5.74) is 26.0.